The van der Waals surface area contributed by atoms with Gasteiger partial charge in [0.15, 0.2) is 0 Å². The molecule has 0 spiro atoms. The van der Waals surface area contributed by atoms with E-state index in [4.69, 9.17) is 5.11 Å². The molecule has 3 heteroatoms. The van der Waals surface area contributed by atoms with Crippen LogP contribution in [0.15, 0.2) is 24.3 Å². The molecule has 16 heavy (non-hydrogen) atoms. The van der Waals surface area contributed by atoms with E-state index in [1.165, 1.54) is 16.0 Å². The van der Waals surface area contributed by atoms with Gasteiger partial charge in [-0.25, -0.2) is 4.79 Å². The second kappa shape index (κ2) is 5.54. The van der Waals surface area contributed by atoms with Crippen molar-refractivity contribution in [3.8, 4) is 0 Å². The number of nitrogens with zero attached hydrogens (tertiary/aromatic N) is 1. The summed E-state index contributed by atoms with van der Waals surface area (Å²) in [5, 5.41) is 8.70. The predicted molar refractivity (Wildman–Crippen MR) is 64.9 cm³/mol. The second-order valence-corrected chi connectivity index (χ2v) is 4.35. The summed E-state index contributed by atoms with van der Waals surface area (Å²) in [5.41, 5.74) is 2.49. The molecule has 0 saturated heterocycles. The maximum Gasteiger partial charge on any atom is 0.407 e. The molecule has 0 heterocycles. The van der Waals surface area contributed by atoms with Gasteiger partial charge in [-0.1, -0.05) is 38.1 Å². The summed E-state index contributed by atoms with van der Waals surface area (Å²) in [4.78, 5) is 11.9. The third-order valence-electron chi connectivity index (χ3n) is 2.71. The molecule has 0 fully saturated rings. The molecule has 1 aromatic carbocycles. The van der Waals surface area contributed by atoms with E-state index in [1.807, 2.05) is 0 Å². The van der Waals surface area contributed by atoms with Crippen LogP contribution < -0.4 is 0 Å². The van der Waals surface area contributed by atoms with E-state index in [1.54, 1.807) is 7.05 Å². The van der Waals surface area contributed by atoms with Crippen LogP contribution in [0.1, 0.15) is 30.9 Å². The molecule has 0 aliphatic carbocycles. The number of carbonyl (C=O) groups is 1. The summed E-state index contributed by atoms with van der Waals surface area (Å²) >= 11 is 0. The lowest BCUT2D eigenvalue weighted by Gasteiger charge is -2.13. The van der Waals surface area contributed by atoms with E-state index in [0.29, 0.717) is 12.5 Å². The highest BCUT2D eigenvalue weighted by atomic mass is 16.4. The number of rotatable bonds is 4. The van der Waals surface area contributed by atoms with Crippen LogP contribution in [-0.2, 0) is 6.42 Å². The maximum absolute atomic E-state index is 10.6. The normalized spacial score (nSPS) is 10.5. The molecule has 0 saturated carbocycles. The first-order chi connectivity index (χ1) is 7.50. The molecule has 1 N–H and O–H groups in total. The lowest BCUT2D eigenvalue weighted by Crippen LogP contribution is -2.26. The molecule has 0 bridgehead atoms. The molecule has 0 aliphatic rings. The minimum Gasteiger partial charge on any atom is -0.465 e. The number of benzene rings is 1. The highest BCUT2D eigenvalue weighted by Crippen LogP contribution is 2.14. The second-order valence-electron chi connectivity index (χ2n) is 4.35. The Morgan fingerprint density at radius 2 is 1.88 bits per heavy atom. The Balaban J connectivity index is 2.52. The average Bonchev–Trinajstić information content (AvgIpc) is 2.26. The van der Waals surface area contributed by atoms with Crippen molar-refractivity contribution < 1.29 is 9.90 Å². The summed E-state index contributed by atoms with van der Waals surface area (Å²) in [6.07, 6.45) is -0.111. The lowest BCUT2D eigenvalue weighted by atomic mass is 10.0. The topological polar surface area (TPSA) is 40.5 Å². The van der Waals surface area contributed by atoms with Crippen LogP contribution in [0.25, 0.3) is 0 Å². The average molecular weight is 221 g/mol. The fourth-order valence-corrected chi connectivity index (χ4v) is 1.46. The first-order valence-corrected chi connectivity index (χ1v) is 5.53. The van der Waals surface area contributed by atoms with Gasteiger partial charge in [0.05, 0.1) is 0 Å². The zero-order chi connectivity index (χ0) is 12.1. The van der Waals surface area contributed by atoms with Crippen molar-refractivity contribution in [2.45, 2.75) is 26.2 Å². The van der Waals surface area contributed by atoms with E-state index < -0.39 is 6.09 Å². The van der Waals surface area contributed by atoms with Gasteiger partial charge in [0, 0.05) is 13.6 Å². The Morgan fingerprint density at radius 3 is 2.31 bits per heavy atom. The number of carboxylic acid groups (broad SMARTS) is 1. The van der Waals surface area contributed by atoms with E-state index in [9.17, 15) is 4.79 Å². The minimum absolute atomic E-state index is 0.538. The van der Waals surface area contributed by atoms with Crippen LogP contribution in [0.5, 0.6) is 0 Å². The third kappa shape index (κ3) is 3.57. The molecule has 0 atom stereocenters. The Morgan fingerprint density at radius 1 is 1.31 bits per heavy atom. The molecule has 88 valence electrons. The third-order valence-corrected chi connectivity index (χ3v) is 2.71. The molecule has 1 rings (SSSR count). The summed E-state index contributed by atoms with van der Waals surface area (Å²) in [5.74, 6) is 0.538. The number of likely N-dealkylation sites (N-methyl/N-ethyl adjacent to an activating group) is 1. The number of hydrogen-bond donors (Lipinski definition) is 1. The van der Waals surface area contributed by atoms with Crippen LogP contribution in [0.3, 0.4) is 0 Å². The van der Waals surface area contributed by atoms with Crippen molar-refractivity contribution >= 4 is 6.09 Å². The van der Waals surface area contributed by atoms with Gasteiger partial charge in [0.25, 0.3) is 0 Å². The highest BCUT2D eigenvalue weighted by molar-refractivity contribution is 5.64. The smallest absolute Gasteiger partial charge is 0.407 e. The first-order valence-electron chi connectivity index (χ1n) is 5.53. The van der Waals surface area contributed by atoms with Gasteiger partial charge in [-0.05, 0) is 23.5 Å². The van der Waals surface area contributed by atoms with Gasteiger partial charge in [0.1, 0.15) is 0 Å². The maximum atomic E-state index is 10.6. The summed E-state index contributed by atoms with van der Waals surface area (Å²) in [6.45, 7) is 4.86. The first kappa shape index (κ1) is 12.6. The van der Waals surface area contributed by atoms with Crippen molar-refractivity contribution in [2.75, 3.05) is 13.6 Å². The Hall–Kier alpha value is -1.51. The fraction of sp³-hybridized carbons (Fsp3) is 0.462. The summed E-state index contributed by atoms with van der Waals surface area (Å²) in [7, 11) is 1.59. The molecule has 0 radical (unpaired) electrons. The van der Waals surface area contributed by atoms with E-state index in [-0.39, 0.29) is 0 Å². The SMILES string of the molecule is CC(C)c1ccc(CCN(C)C(=O)O)cc1. The summed E-state index contributed by atoms with van der Waals surface area (Å²) in [6, 6.07) is 8.37. The quantitative estimate of drug-likeness (QED) is 0.849. The van der Waals surface area contributed by atoms with Crippen molar-refractivity contribution in [1.29, 1.82) is 0 Å². The molecule has 0 aromatic heterocycles. The zero-order valence-corrected chi connectivity index (χ0v) is 10.1. The molecular formula is C13H19NO2. The van der Waals surface area contributed by atoms with Crippen molar-refractivity contribution in [2.24, 2.45) is 0 Å². The van der Waals surface area contributed by atoms with Crippen LogP contribution >= 0.6 is 0 Å². The highest BCUT2D eigenvalue weighted by Gasteiger charge is 2.05. The van der Waals surface area contributed by atoms with Crippen LogP contribution in [-0.4, -0.2) is 29.7 Å². The summed E-state index contributed by atoms with van der Waals surface area (Å²) < 4.78 is 0. The molecule has 0 aliphatic heterocycles. The number of amides is 1. The van der Waals surface area contributed by atoms with Gasteiger partial charge in [-0.3, -0.25) is 0 Å². The van der Waals surface area contributed by atoms with Gasteiger partial charge >= 0.3 is 6.09 Å². The van der Waals surface area contributed by atoms with Gasteiger partial charge in [0.2, 0.25) is 0 Å². The van der Waals surface area contributed by atoms with Crippen molar-refractivity contribution in [3.05, 3.63) is 35.4 Å². The fourth-order valence-electron chi connectivity index (χ4n) is 1.46. The Bertz CT molecular complexity index is 343. The number of hydrogen-bond acceptors (Lipinski definition) is 1. The van der Waals surface area contributed by atoms with Gasteiger partial charge in [-0.15, -0.1) is 0 Å². The van der Waals surface area contributed by atoms with E-state index in [2.05, 4.69) is 38.1 Å². The van der Waals surface area contributed by atoms with Crippen LogP contribution in [0, 0.1) is 0 Å². The molecular weight excluding hydrogens is 202 g/mol. The van der Waals surface area contributed by atoms with Crippen molar-refractivity contribution in [3.63, 3.8) is 0 Å². The zero-order valence-electron chi connectivity index (χ0n) is 10.1. The standard InChI is InChI=1S/C13H19NO2/c1-10(2)12-6-4-11(5-7-12)8-9-14(3)13(15)16/h4-7,10H,8-9H2,1-3H3,(H,15,16). The lowest BCUT2D eigenvalue weighted by molar-refractivity contribution is 0.156. The Kier molecular flexibility index (Phi) is 4.35. The predicted octanol–water partition coefficient (Wildman–Crippen LogP) is 2.96. The van der Waals surface area contributed by atoms with Gasteiger partial charge < -0.3 is 10.0 Å². The van der Waals surface area contributed by atoms with Crippen molar-refractivity contribution in [1.82, 2.24) is 4.90 Å². The molecule has 1 amide bonds. The molecule has 3 nitrogen and oxygen atoms in total. The molecule has 1 aromatic rings. The van der Waals surface area contributed by atoms with E-state index >= 15 is 0 Å². The molecule has 0 unspecified atom stereocenters. The minimum atomic E-state index is -0.876. The monoisotopic (exact) mass is 221 g/mol. The van der Waals surface area contributed by atoms with Crippen LogP contribution in [0.4, 0.5) is 4.79 Å². The van der Waals surface area contributed by atoms with E-state index in [0.717, 1.165) is 6.42 Å². The Labute approximate surface area is 96.7 Å². The largest absolute Gasteiger partial charge is 0.465 e. The van der Waals surface area contributed by atoms with Crippen LogP contribution in [0.2, 0.25) is 0 Å². The van der Waals surface area contributed by atoms with Gasteiger partial charge in [-0.2, -0.15) is 0 Å².